The van der Waals surface area contributed by atoms with Crippen LogP contribution in [0.25, 0.3) is 0 Å². The summed E-state index contributed by atoms with van der Waals surface area (Å²) in [6, 6.07) is 3.73. The van der Waals surface area contributed by atoms with Crippen molar-refractivity contribution >= 4 is 5.82 Å². The maximum Gasteiger partial charge on any atom is 0.118 e. The van der Waals surface area contributed by atoms with Crippen molar-refractivity contribution in [1.29, 1.82) is 0 Å². The van der Waals surface area contributed by atoms with Gasteiger partial charge in [0.05, 0.1) is 0 Å². The van der Waals surface area contributed by atoms with Crippen LogP contribution in [0.3, 0.4) is 0 Å². The molecule has 0 aromatic carbocycles. The van der Waals surface area contributed by atoms with E-state index < -0.39 is 0 Å². The highest BCUT2D eigenvalue weighted by molar-refractivity contribution is 5.45. The highest BCUT2D eigenvalue weighted by atomic mass is 16.5. The van der Waals surface area contributed by atoms with Gasteiger partial charge in [0.1, 0.15) is 5.82 Å². The molecular formula is C8H11N2O-. The van der Waals surface area contributed by atoms with E-state index in [1.807, 2.05) is 31.5 Å². The van der Waals surface area contributed by atoms with E-state index in [1.165, 1.54) is 0 Å². The van der Waals surface area contributed by atoms with Gasteiger partial charge in [-0.25, -0.2) is 4.98 Å². The number of nitrogens with one attached hydrogen (secondary N) is 1. The standard InChI is InChI=1S/C8H11N2O/c1-6(2)7-4-3-5-9-8(7)10-11/h3-6H,1-2H3,(H-,9,10,11)/q-1. The van der Waals surface area contributed by atoms with E-state index in [1.54, 1.807) is 6.20 Å². The van der Waals surface area contributed by atoms with Crippen molar-refractivity contribution in [2.45, 2.75) is 19.8 Å². The molecule has 0 aliphatic carbocycles. The first kappa shape index (κ1) is 8.01. The number of anilines is 1. The molecule has 0 saturated carbocycles. The van der Waals surface area contributed by atoms with E-state index in [4.69, 9.17) is 0 Å². The second-order valence-electron chi connectivity index (χ2n) is 2.70. The number of hydrogen-bond acceptors (Lipinski definition) is 3. The molecule has 0 aliphatic heterocycles. The maximum atomic E-state index is 10.3. The fourth-order valence-electron chi connectivity index (χ4n) is 0.969. The Labute approximate surface area is 66.0 Å². The highest BCUT2D eigenvalue weighted by Crippen LogP contribution is 2.20. The van der Waals surface area contributed by atoms with Crippen LogP contribution in [-0.4, -0.2) is 4.98 Å². The second kappa shape index (κ2) is 3.34. The predicted octanol–water partition coefficient (Wildman–Crippen LogP) is 2.11. The molecule has 1 aromatic heterocycles. The maximum absolute atomic E-state index is 10.3. The van der Waals surface area contributed by atoms with Gasteiger partial charge in [0.15, 0.2) is 0 Å². The van der Waals surface area contributed by atoms with Gasteiger partial charge in [0, 0.05) is 6.20 Å². The van der Waals surface area contributed by atoms with E-state index in [0.717, 1.165) is 5.56 Å². The predicted molar refractivity (Wildman–Crippen MR) is 45.3 cm³/mol. The van der Waals surface area contributed by atoms with Crippen molar-refractivity contribution in [3.63, 3.8) is 0 Å². The second-order valence-corrected chi connectivity index (χ2v) is 2.70. The molecule has 0 radical (unpaired) electrons. The Morgan fingerprint density at radius 1 is 1.55 bits per heavy atom. The van der Waals surface area contributed by atoms with Gasteiger partial charge in [-0.3, -0.25) is 0 Å². The van der Waals surface area contributed by atoms with Crippen molar-refractivity contribution in [2.75, 3.05) is 5.48 Å². The molecule has 11 heavy (non-hydrogen) atoms. The molecule has 0 atom stereocenters. The zero-order valence-corrected chi connectivity index (χ0v) is 6.66. The number of nitrogens with zero attached hydrogens (tertiary/aromatic N) is 1. The zero-order valence-electron chi connectivity index (χ0n) is 6.66. The van der Waals surface area contributed by atoms with Crippen LogP contribution in [0.1, 0.15) is 25.3 Å². The van der Waals surface area contributed by atoms with E-state index in [-0.39, 0.29) is 0 Å². The lowest BCUT2D eigenvalue weighted by Crippen LogP contribution is -1.97. The van der Waals surface area contributed by atoms with Gasteiger partial charge < -0.3 is 10.7 Å². The van der Waals surface area contributed by atoms with E-state index in [9.17, 15) is 5.21 Å². The van der Waals surface area contributed by atoms with Crippen molar-refractivity contribution < 1.29 is 0 Å². The lowest BCUT2D eigenvalue weighted by Gasteiger charge is -2.14. The Balaban J connectivity index is 3.02. The first-order chi connectivity index (χ1) is 5.25. The lowest BCUT2D eigenvalue weighted by atomic mass is 10.1. The Kier molecular flexibility index (Phi) is 2.44. The molecule has 3 heteroatoms. The molecule has 0 amide bonds. The average Bonchev–Trinajstić information content (AvgIpc) is 2.04. The Morgan fingerprint density at radius 2 is 2.27 bits per heavy atom. The Morgan fingerprint density at radius 3 is 2.73 bits per heavy atom. The summed E-state index contributed by atoms with van der Waals surface area (Å²) in [5, 5.41) is 10.3. The van der Waals surface area contributed by atoms with Gasteiger partial charge >= 0.3 is 0 Å². The molecule has 0 aliphatic rings. The molecule has 0 bridgehead atoms. The summed E-state index contributed by atoms with van der Waals surface area (Å²) >= 11 is 0. The van der Waals surface area contributed by atoms with Crippen LogP contribution in [0, 0.1) is 5.21 Å². The number of hydrogen-bond donors (Lipinski definition) is 1. The van der Waals surface area contributed by atoms with Gasteiger partial charge in [-0.05, 0) is 17.5 Å². The first-order valence-electron chi connectivity index (χ1n) is 3.58. The van der Waals surface area contributed by atoms with Gasteiger partial charge in [0.25, 0.3) is 0 Å². The molecule has 0 fully saturated rings. The third kappa shape index (κ3) is 1.68. The molecule has 3 nitrogen and oxygen atoms in total. The number of rotatable bonds is 2. The van der Waals surface area contributed by atoms with Gasteiger partial charge in [-0.1, -0.05) is 19.9 Å². The first-order valence-corrected chi connectivity index (χ1v) is 3.58. The van der Waals surface area contributed by atoms with Crippen molar-refractivity contribution in [2.24, 2.45) is 0 Å². The topological polar surface area (TPSA) is 48.0 Å². The molecule has 1 aromatic rings. The third-order valence-electron chi connectivity index (χ3n) is 1.56. The van der Waals surface area contributed by atoms with Crippen LogP contribution in [0.2, 0.25) is 0 Å². The largest absolute Gasteiger partial charge is 0.760 e. The molecule has 60 valence electrons. The van der Waals surface area contributed by atoms with E-state index in [2.05, 4.69) is 4.98 Å². The third-order valence-corrected chi connectivity index (χ3v) is 1.56. The molecule has 0 saturated heterocycles. The summed E-state index contributed by atoms with van der Waals surface area (Å²) < 4.78 is 0. The minimum absolute atomic E-state index is 0.333. The van der Waals surface area contributed by atoms with Crippen LogP contribution >= 0.6 is 0 Å². The summed E-state index contributed by atoms with van der Waals surface area (Å²) in [6.07, 6.45) is 1.60. The highest BCUT2D eigenvalue weighted by Gasteiger charge is 2.02. The van der Waals surface area contributed by atoms with Crippen molar-refractivity contribution in [3.8, 4) is 0 Å². The number of aromatic nitrogens is 1. The fraction of sp³-hybridized carbons (Fsp3) is 0.375. The molecule has 0 unspecified atom stereocenters. The quantitative estimate of drug-likeness (QED) is 0.658. The van der Waals surface area contributed by atoms with E-state index in [0.29, 0.717) is 11.7 Å². The molecule has 0 spiro atoms. The van der Waals surface area contributed by atoms with Crippen molar-refractivity contribution in [1.82, 2.24) is 4.98 Å². The van der Waals surface area contributed by atoms with Gasteiger partial charge in [0.2, 0.25) is 0 Å². The Bertz CT molecular complexity index is 235. The fourth-order valence-corrected chi connectivity index (χ4v) is 0.969. The molecule has 1 heterocycles. The minimum atomic E-state index is 0.333. The lowest BCUT2D eigenvalue weighted by molar-refractivity contribution is 0.861. The zero-order chi connectivity index (χ0) is 8.27. The average molecular weight is 151 g/mol. The van der Waals surface area contributed by atoms with Crippen LogP contribution < -0.4 is 5.48 Å². The minimum Gasteiger partial charge on any atom is -0.760 e. The van der Waals surface area contributed by atoms with Crippen LogP contribution in [0.4, 0.5) is 5.82 Å². The molecule has 1 N–H and O–H groups in total. The van der Waals surface area contributed by atoms with Crippen LogP contribution in [0.5, 0.6) is 0 Å². The normalized spacial score (nSPS) is 10.2. The monoisotopic (exact) mass is 151 g/mol. The van der Waals surface area contributed by atoms with E-state index >= 15 is 0 Å². The van der Waals surface area contributed by atoms with Gasteiger partial charge in [-0.15, -0.1) is 0 Å². The number of pyridine rings is 1. The van der Waals surface area contributed by atoms with Gasteiger partial charge in [-0.2, -0.15) is 0 Å². The van der Waals surface area contributed by atoms with Crippen molar-refractivity contribution in [3.05, 3.63) is 29.1 Å². The smallest absolute Gasteiger partial charge is 0.118 e. The summed E-state index contributed by atoms with van der Waals surface area (Å²) in [5.41, 5.74) is 2.78. The Hall–Kier alpha value is -1.09. The summed E-state index contributed by atoms with van der Waals surface area (Å²) in [5.74, 6) is 0.766. The molecule has 1 rings (SSSR count). The summed E-state index contributed by atoms with van der Waals surface area (Å²) in [6.45, 7) is 4.05. The van der Waals surface area contributed by atoms with Crippen LogP contribution in [0.15, 0.2) is 18.3 Å². The SMILES string of the molecule is CC(C)c1cccnc1N[O-]. The summed E-state index contributed by atoms with van der Waals surface area (Å²) in [4.78, 5) is 3.89. The van der Waals surface area contributed by atoms with Crippen LogP contribution in [-0.2, 0) is 0 Å². The summed E-state index contributed by atoms with van der Waals surface area (Å²) in [7, 11) is 0. The molecular weight excluding hydrogens is 140 g/mol.